The van der Waals surface area contributed by atoms with Crippen LogP contribution in [0.15, 0.2) is 11.8 Å². The van der Waals surface area contributed by atoms with E-state index < -0.39 is 6.69 Å². The lowest BCUT2D eigenvalue weighted by Crippen LogP contribution is -2.16. The maximum atomic E-state index is 6.00. The molecule has 0 aromatic rings. The van der Waals surface area contributed by atoms with Crippen molar-refractivity contribution in [2.24, 2.45) is 0 Å². The van der Waals surface area contributed by atoms with Gasteiger partial charge in [0.1, 0.15) is 0 Å². The van der Waals surface area contributed by atoms with Gasteiger partial charge in [-0.1, -0.05) is 31.4 Å². The van der Waals surface area contributed by atoms with E-state index >= 15 is 0 Å². The number of rotatable bonds is 6. The van der Waals surface area contributed by atoms with Crippen LogP contribution in [0.4, 0.5) is 0 Å². The van der Waals surface area contributed by atoms with E-state index in [1.165, 1.54) is 25.7 Å². The highest BCUT2D eigenvalue weighted by molar-refractivity contribution is 7.47. The van der Waals surface area contributed by atoms with E-state index in [0.717, 1.165) is 11.6 Å². The Morgan fingerprint density at radius 2 is 1.83 bits per heavy atom. The van der Waals surface area contributed by atoms with Crippen molar-refractivity contribution in [3.63, 3.8) is 0 Å². The summed E-state index contributed by atoms with van der Waals surface area (Å²) in [6.07, 6.45) is 6.04. The number of allylic oxidation sites excluding steroid dienone is 1. The van der Waals surface area contributed by atoms with Gasteiger partial charge >= 0.3 is 0 Å². The van der Waals surface area contributed by atoms with Crippen LogP contribution in [-0.4, -0.2) is 6.69 Å². The SMILES string of the molecule is C=C(CCCCCC)[Si](C)(Cl)Cl. The molecule has 0 amide bonds. The Kier molecular flexibility index (Phi) is 6.33. The highest BCUT2D eigenvalue weighted by Crippen LogP contribution is 2.26. The molecule has 0 saturated heterocycles. The lowest BCUT2D eigenvalue weighted by atomic mass is 10.1. The fourth-order valence-electron chi connectivity index (χ4n) is 0.985. The average Bonchev–Trinajstić information content (AvgIpc) is 1.96. The molecule has 72 valence electrons. The van der Waals surface area contributed by atoms with E-state index in [9.17, 15) is 0 Å². The van der Waals surface area contributed by atoms with Gasteiger partial charge in [-0.2, -0.15) is 0 Å². The minimum atomic E-state index is -2.07. The first-order valence-electron chi connectivity index (χ1n) is 4.54. The molecule has 0 fully saturated rings. The smallest absolute Gasteiger partial charge is 0.140 e. The summed E-state index contributed by atoms with van der Waals surface area (Å²) in [7, 11) is 0. The Hall–Kier alpha value is 0.537. The minimum Gasteiger partial charge on any atom is -0.140 e. The molecule has 0 radical (unpaired) electrons. The molecule has 0 N–H and O–H groups in total. The van der Waals surface area contributed by atoms with Gasteiger partial charge in [0.05, 0.1) is 0 Å². The molecule has 0 spiro atoms. The van der Waals surface area contributed by atoms with Gasteiger partial charge in [-0.25, -0.2) is 0 Å². The molecule has 12 heavy (non-hydrogen) atoms. The Balaban J connectivity index is 3.45. The molecule has 0 unspecified atom stereocenters. The van der Waals surface area contributed by atoms with Crippen molar-refractivity contribution in [3.05, 3.63) is 11.8 Å². The van der Waals surface area contributed by atoms with Crippen molar-refractivity contribution in [3.8, 4) is 0 Å². The Labute approximate surface area is 86.4 Å². The molecule has 0 aliphatic heterocycles. The van der Waals surface area contributed by atoms with Crippen LogP contribution in [0.5, 0.6) is 0 Å². The topological polar surface area (TPSA) is 0 Å². The van der Waals surface area contributed by atoms with Gasteiger partial charge in [0.15, 0.2) is 0 Å². The summed E-state index contributed by atoms with van der Waals surface area (Å²) in [5.74, 6) is 0. The van der Waals surface area contributed by atoms with Gasteiger partial charge in [0.2, 0.25) is 0 Å². The van der Waals surface area contributed by atoms with E-state index in [1.54, 1.807) is 0 Å². The summed E-state index contributed by atoms with van der Waals surface area (Å²) in [6, 6.07) is 0. The Morgan fingerprint density at radius 3 is 2.25 bits per heavy atom. The number of hydrogen-bond acceptors (Lipinski definition) is 0. The van der Waals surface area contributed by atoms with Crippen LogP contribution in [0.1, 0.15) is 39.0 Å². The molecule has 3 heteroatoms. The molecule has 0 saturated carbocycles. The van der Waals surface area contributed by atoms with Crippen LogP contribution in [-0.2, 0) is 0 Å². The number of halogens is 2. The van der Waals surface area contributed by atoms with E-state index in [2.05, 4.69) is 13.5 Å². The summed E-state index contributed by atoms with van der Waals surface area (Å²) in [6.45, 7) is 5.97. The first kappa shape index (κ1) is 12.5. The Morgan fingerprint density at radius 1 is 1.25 bits per heavy atom. The van der Waals surface area contributed by atoms with Crippen LogP contribution in [0.3, 0.4) is 0 Å². The van der Waals surface area contributed by atoms with Gasteiger partial charge in [-0.05, 0) is 19.4 Å². The maximum absolute atomic E-state index is 6.00. The van der Waals surface area contributed by atoms with Crippen molar-refractivity contribution >= 4 is 28.9 Å². The van der Waals surface area contributed by atoms with Crippen LogP contribution in [0, 0.1) is 0 Å². The largest absolute Gasteiger partial charge is 0.273 e. The molecule has 0 heterocycles. The second kappa shape index (κ2) is 6.06. The standard InChI is InChI=1S/C9H18Cl2Si/c1-4-5-6-7-8-9(2)12(3,10)11/h2,4-8H2,1,3H3. The van der Waals surface area contributed by atoms with Crippen molar-refractivity contribution in [2.45, 2.75) is 45.6 Å². The lowest BCUT2D eigenvalue weighted by molar-refractivity contribution is 0.671. The van der Waals surface area contributed by atoms with E-state index in [-0.39, 0.29) is 0 Å². The van der Waals surface area contributed by atoms with Crippen molar-refractivity contribution < 1.29 is 0 Å². The first-order valence-corrected chi connectivity index (χ1v) is 9.07. The maximum Gasteiger partial charge on any atom is 0.273 e. The molecular weight excluding hydrogens is 207 g/mol. The zero-order valence-corrected chi connectivity index (χ0v) is 10.5. The summed E-state index contributed by atoms with van der Waals surface area (Å²) in [5.41, 5.74) is 0. The number of unbranched alkanes of at least 4 members (excludes halogenated alkanes) is 3. The normalized spacial score (nSPS) is 11.7. The minimum absolute atomic E-state index is 1.01. The quantitative estimate of drug-likeness (QED) is 0.352. The monoisotopic (exact) mass is 224 g/mol. The van der Waals surface area contributed by atoms with Crippen LogP contribution >= 0.6 is 22.2 Å². The zero-order chi connectivity index (χ0) is 9.61. The first-order chi connectivity index (χ1) is 5.48. The third kappa shape index (κ3) is 6.10. The molecule has 0 aromatic carbocycles. The second-order valence-electron chi connectivity index (χ2n) is 3.30. The second-order valence-corrected chi connectivity index (χ2v) is 10.9. The molecular formula is C9H18Cl2Si. The molecule has 0 aromatic heterocycles. The third-order valence-corrected chi connectivity index (χ3v) is 5.05. The van der Waals surface area contributed by atoms with Crippen molar-refractivity contribution in [1.29, 1.82) is 0 Å². The van der Waals surface area contributed by atoms with Gasteiger partial charge in [-0.3, -0.25) is 0 Å². The molecule has 0 aliphatic rings. The predicted molar refractivity (Wildman–Crippen MR) is 61.2 cm³/mol. The summed E-state index contributed by atoms with van der Waals surface area (Å²) in [5, 5.41) is 1.07. The van der Waals surface area contributed by atoms with Gasteiger partial charge in [0, 0.05) is 0 Å². The Bertz CT molecular complexity index is 138. The van der Waals surface area contributed by atoms with E-state index in [1.807, 2.05) is 6.55 Å². The van der Waals surface area contributed by atoms with Crippen molar-refractivity contribution in [1.82, 2.24) is 0 Å². The fraction of sp³-hybridized carbons (Fsp3) is 0.778. The predicted octanol–water partition coefficient (Wildman–Crippen LogP) is 4.60. The van der Waals surface area contributed by atoms with E-state index in [4.69, 9.17) is 22.2 Å². The summed E-state index contributed by atoms with van der Waals surface area (Å²) >= 11 is 12.0. The third-order valence-electron chi connectivity index (χ3n) is 1.95. The van der Waals surface area contributed by atoms with Gasteiger partial charge in [0.25, 0.3) is 6.69 Å². The summed E-state index contributed by atoms with van der Waals surface area (Å²) < 4.78 is 0. The molecule has 0 atom stereocenters. The highest BCUT2D eigenvalue weighted by atomic mass is 35.7. The fourth-order valence-corrected chi connectivity index (χ4v) is 2.17. The van der Waals surface area contributed by atoms with Crippen LogP contribution in [0.25, 0.3) is 0 Å². The van der Waals surface area contributed by atoms with Gasteiger partial charge < -0.3 is 0 Å². The summed E-state index contributed by atoms with van der Waals surface area (Å²) in [4.78, 5) is 0. The molecule has 0 bridgehead atoms. The van der Waals surface area contributed by atoms with Crippen LogP contribution < -0.4 is 0 Å². The zero-order valence-electron chi connectivity index (χ0n) is 8.00. The van der Waals surface area contributed by atoms with Crippen molar-refractivity contribution in [2.75, 3.05) is 0 Å². The number of hydrogen-bond donors (Lipinski definition) is 0. The van der Waals surface area contributed by atoms with Gasteiger partial charge in [-0.15, -0.1) is 28.7 Å². The average molecular weight is 225 g/mol. The lowest BCUT2D eigenvalue weighted by Gasteiger charge is -2.13. The van der Waals surface area contributed by atoms with Crippen LogP contribution in [0.2, 0.25) is 6.55 Å². The molecule has 0 rings (SSSR count). The highest BCUT2D eigenvalue weighted by Gasteiger charge is 2.24. The molecule has 0 nitrogen and oxygen atoms in total. The van der Waals surface area contributed by atoms with E-state index in [0.29, 0.717) is 0 Å². The molecule has 0 aliphatic carbocycles.